The van der Waals surface area contributed by atoms with E-state index >= 15 is 0 Å². The van der Waals surface area contributed by atoms with Gasteiger partial charge in [-0.3, -0.25) is 4.98 Å². The predicted octanol–water partition coefficient (Wildman–Crippen LogP) is 3.23. The Hall–Kier alpha value is -1.97. The van der Waals surface area contributed by atoms with E-state index in [0.29, 0.717) is 5.56 Å². The maximum absolute atomic E-state index is 13.9. The fourth-order valence-electron chi connectivity index (χ4n) is 1.67. The fourth-order valence-corrected chi connectivity index (χ4v) is 1.67. The van der Waals surface area contributed by atoms with Crippen LogP contribution in [0.25, 0.3) is 11.3 Å². The molecule has 88 valence electrons. The molecule has 17 heavy (non-hydrogen) atoms. The zero-order valence-corrected chi connectivity index (χ0v) is 9.59. The lowest BCUT2D eigenvalue weighted by molar-refractivity contribution is 0.583. The van der Waals surface area contributed by atoms with Crippen LogP contribution in [-0.4, -0.2) is 4.98 Å². The van der Waals surface area contributed by atoms with Gasteiger partial charge in [-0.25, -0.2) is 8.78 Å². The van der Waals surface area contributed by atoms with Gasteiger partial charge < -0.3 is 5.73 Å². The molecule has 0 spiro atoms. The molecule has 2 N–H and O–H groups in total. The molecule has 0 saturated heterocycles. The lowest BCUT2D eigenvalue weighted by atomic mass is 10.0. The number of nitrogens with zero attached hydrogens (tertiary/aromatic N) is 1. The minimum Gasteiger partial charge on any atom is -0.397 e. The maximum atomic E-state index is 13.9. The van der Waals surface area contributed by atoms with Crippen molar-refractivity contribution in [1.29, 1.82) is 0 Å². The van der Waals surface area contributed by atoms with E-state index in [1.165, 1.54) is 18.3 Å². The summed E-state index contributed by atoms with van der Waals surface area (Å²) in [5.74, 6) is -1.27. The first kappa shape index (κ1) is 11.5. The van der Waals surface area contributed by atoms with Crippen molar-refractivity contribution in [2.24, 2.45) is 0 Å². The average Bonchev–Trinajstić information content (AvgIpc) is 2.27. The van der Waals surface area contributed by atoms with E-state index in [2.05, 4.69) is 4.98 Å². The van der Waals surface area contributed by atoms with Crippen LogP contribution in [0.5, 0.6) is 0 Å². The number of halogens is 2. The molecule has 0 bridgehead atoms. The first-order valence-corrected chi connectivity index (χ1v) is 5.18. The summed E-state index contributed by atoms with van der Waals surface area (Å²) in [7, 11) is 0. The number of hydrogen-bond donors (Lipinski definition) is 1. The third kappa shape index (κ3) is 1.98. The number of pyridine rings is 1. The van der Waals surface area contributed by atoms with Gasteiger partial charge in [0.25, 0.3) is 0 Å². The average molecular weight is 234 g/mol. The van der Waals surface area contributed by atoms with Crippen LogP contribution in [0.15, 0.2) is 24.4 Å². The lowest BCUT2D eigenvalue weighted by Crippen LogP contribution is -2.00. The third-order valence-electron chi connectivity index (χ3n) is 2.57. The molecule has 4 heteroatoms. The number of nitrogen functional groups attached to an aromatic ring is 1. The van der Waals surface area contributed by atoms with Crippen LogP contribution in [0.4, 0.5) is 14.5 Å². The molecule has 0 atom stereocenters. The van der Waals surface area contributed by atoms with Crippen molar-refractivity contribution in [2.45, 2.75) is 13.8 Å². The zero-order chi connectivity index (χ0) is 12.6. The van der Waals surface area contributed by atoms with Crippen LogP contribution < -0.4 is 5.73 Å². The molecule has 0 fully saturated rings. The van der Waals surface area contributed by atoms with Crippen molar-refractivity contribution >= 4 is 5.69 Å². The van der Waals surface area contributed by atoms with E-state index in [9.17, 15) is 8.78 Å². The maximum Gasteiger partial charge on any atom is 0.138 e. The van der Waals surface area contributed by atoms with Crippen molar-refractivity contribution in [3.63, 3.8) is 0 Å². The lowest BCUT2D eigenvalue weighted by Gasteiger charge is -2.09. The van der Waals surface area contributed by atoms with Crippen LogP contribution in [0.2, 0.25) is 0 Å². The molecule has 1 aromatic heterocycles. The van der Waals surface area contributed by atoms with E-state index in [1.807, 2.05) is 6.92 Å². The van der Waals surface area contributed by atoms with Crippen molar-refractivity contribution in [3.8, 4) is 11.3 Å². The summed E-state index contributed by atoms with van der Waals surface area (Å²) in [6.07, 6.45) is 1.53. The van der Waals surface area contributed by atoms with E-state index in [0.717, 1.165) is 5.56 Å². The van der Waals surface area contributed by atoms with Gasteiger partial charge in [0.1, 0.15) is 11.6 Å². The highest BCUT2D eigenvalue weighted by Gasteiger charge is 2.17. The SMILES string of the molecule is Cc1cnc(-c2c(F)ccc(C)c2F)c(N)c1. The highest BCUT2D eigenvalue weighted by atomic mass is 19.1. The van der Waals surface area contributed by atoms with Gasteiger partial charge in [0.15, 0.2) is 0 Å². The van der Waals surface area contributed by atoms with Gasteiger partial charge >= 0.3 is 0 Å². The third-order valence-corrected chi connectivity index (χ3v) is 2.57. The van der Waals surface area contributed by atoms with Crippen LogP contribution in [-0.2, 0) is 0 Å². The number of benzene rings is 1. The Morgan fingerprint density at radius 2 is 1.88 bits per heavy atom. The molecule has 0 aliphatic heterocycles. The van der Waals surface area contributed by atoms with Crippen molar-refractivity contribution in [2.75, 3.05) is 5.73 Å². The molecule has 0 unspecified atom stereocenters. The van der Waals surface area contributed by atoms with Crippen LogP contribution in [0, 0.1) is 25.5 Å². The second kappa shape index (κ2) is 4.13. The summed E-state index contributed by atoms with van der Waals surface area (Å²) in [5.41, 5.74) is 7.21. The molecule has 0 aliphatic rings. The van der Waals surface area contributed by atoms with Crippen LogP contribution >= 0.6 is 0 Å². The first-order valence-electron chi connectivity index (χ1n) is 5.18. The second-order valence-electron chi connectivity index (χ2n) is 4.00. The fraction of sp³-hybridized carbons (Fsp3) is 0.154. The van der Waals surface area contributed by atoms with E-state index in [-0.39, 0.29) is 16.9 Å². The minimum absolute atomic E-state index is 0.148. The number of hydrogen-bond acceptors (Lipinski definition) is 2. The number of aromatic nitrogens is 1. The van der Waals surface area contributed by atoms with Gasteiger partial charge in [0.05, 0.1) is 16.9 Å². The molecule has 0 aliphatic carbocycles. The van der Waals surface area contributed by atoms with Gasteiger partial charge in [-0.2, -0.15) is 0 Å². The normalized spacial score (nSPS) is 10.6. The van der Waals surface area contributed by atoms with Gasteiger partial charge in [-0.05, 0) is 37.1 Å². The van der Waals surface area contributed by atoms with Gasteiger partial charge in [0, 0.05) is 6.20 Å². The quantitative estimate of drug-likeness (QED) is 0.822. The molecule has 2 aromatic rings. The Balaban J connectivity index is 2.72. The number of nitrogens with two attached hydrogens (primary N) is 1. The molecular weight excluding hydrogens is 222 g/mol. The van der Waals surface area contributed by atoms with Crippen molar-refractivity contribution < 1.29 is 8.78 Å². The van der Waals surface area contributed by atoms with E-state index in [4.69, 9.17) is 5.73 Å². The molecule has 1 heterocycles. The smallest absolute Gasteiger partial charge is 0.138 e. The van der Waals surface area contributed by atoms with Crippen molar-refractivity contribution in [1.82, 2.24) is 4.98 Å². The predicted molar refractivity (Wildman–Crippen MR) is 63.5 cm³/mol. The Morgan fingerprint density at radius 3 is 2.53 bits per heavy atom. The Morgan fingerprint density at radius 1 is 1.18 bits per heavy atom. The first-order chi connectivity index (χ1) is 8.00. The number of aryl methyl sites for hydroxylation is 2. The Labute approximate surface area is 98.1 Å². The van der Waals surface area contributed by atoms with Gasteiger partial charge in [0.2, 0.25) is 0 Å². The zero-order valence-electron chi connectivity index (χ0n) is 9.59. The molecule has 0 amide bonds. The summed E-state index contributed by atoms with van der Waals surface area (Å²) in [6.45, 7) is 3.39. The summed E-state index contributed by atoms with van der Waals surface area (Å²) < 4.78 is 27.6. The topological polar surface area (TPSA) is 38.9 Å². The van der Waals surface area contributed by atoms with Crippen LogP contribution in [0.3, 0.4) is 0 Å². The van der Waals surface area contributed by atoms with Gasteiger partial charge in [-0.1, -0.05) is 6.07 Å². The summed E-state index contributed by atoms with van der Waals surface area (Å²) in [6, 6.07) is 4.25. The molecule has 0 radical (unpaired) electrons. The largest absolute Gasteiger partial charge is 0.397 e. The molecular formula is C13H12F2N2. The monoisotopic (exact) mass is 234 g/mol. The molecule has 0 saturated carbocycles. The number of anilines is 1. The highest BCUT2D eigenvalue weighted by molar-refractivity contribution is 5.74. The summed E-state index contributed by atoms with van der Waals surface area (Å²) in [5, 5.41) is 0. The molecule has 2 nitrogen and oxygen atoms in total. The standard InChI is InChI=1S/C13H12F2N2/c1-7-5-10(16)13(17-6-7)11-9(14)4-3-8(2)12(11)15/h3-6H,16H2,1-2H3. The Bertz CT molecular complexity index is 580. The molecule has 1 aromatic carbocycles. The molecule has 2 rings (SSSR count). The van der Waals surface area contributed by atoms with E-state index < -0.39 is 11.6 Å². The summed E-state index contributed by atoms with van der Waals surface area (Å²) >= 11 is 0. The highest BCUT2D eigenvalue weighted by Crippen LogP contribution is 2.30. The van der Waals surface area contributed by atoms with Gasteiger partial charge in [-0.15, -0.1) is 0 Å². The number of rotatable bonds is 1. The van der Waals surface area contributed by atoms with Crippen molar-refractivity contribution in [3.05, 3.63) is 47.2 Å². The second-order valence-corrected chi connectivity index (χ2v) is 4.00. The van der Waals surface area contributed by atoms with E-state index in [1.54, 1.807) is 13.0 Å². The minimum atomic E-state index is -0.656. The van der Waals surface area contributed by atoms with Crippen LogP contribution in [0.1, 0.15) is 11.1 Å². The summed E-state index contributed by atoms with van der Waals surface area (Å²) in [4.78, 5) is 4.01. The Kier molecular flexibility index (Phi) is 2.79.